The molecule has 0 bridgehead atoms. The van der Waals surface area contributed by atoms with Gasteiger partial charge in [-0.2, -0.15) is 0 Å². The van der Waals surface area contributed by atoms with Gasteiger partial charge in [0.25, 0.3) is 0 Å². The highest BCUT2D eigenvalue weighted by atomic mass is 31.1. The predicted octanol–water partition coefficient (Wildman–Crippen LogP) is 14.0. The Morgan fingerprint density at radius 3 is 1.06 bits per heavy atom. The van der Waals surface area contributed by atoms with Crippen molar-refractivity contribution in [3.8, 4) is 33.9 Å². The molecule has 0 atom stereocenters. The lowest BCUT2D eigenvalue weighted by atomic mass is 10.1. The van der Waals surface area contributed by atoms with Gasteiger partial charge in [-0.1, -0.05) is 146 Å². The Morgan fingerprint density at radius 1 is 0.312 bits per heavy atom. The van der Waals surface area contributed by atoms with E-state index in [-0.39, 0.29) is 0 Å². The second-order valence-electron chi connectivity index (χ2n) is 16.0. The van der Waals surface area contributed by atoms with E-state index in [1.807, 2.05) is 0 Å². The molecule has 6 heteroatoms. The second-order valence-corrected chi connectivity index (χ2v) is 17.3. The predicted molar refractivity (Wildman–Crippen MR) is 271 cm³/mol. The van der Waals surface area contributed by atoms with Crippen LogP contribution in [-0.4, -0.2) is 24.1 Å². The smallest absolute Gasteiger partial charge is 0.0710 e. The SMILES string of the molecule is c1cc(-c2cccc(Pc3cccc(-c4cccc(-n5c6ccccc6c6ccccc65)c4)n3)n2)cc(-n2c3ccccc3c3ccccc32)c1.c1ccc2c(c1)[nH]c1ccccc12. The summed E-state index contributed by atoms with van der Waals surface area (Å²) in [5, 5.41) is 7.64. The van der Waals surface area contributed by atoms with E-state index in [0.29, 0.717) is 8.58 Å². The third-order valence-electron chi connectivity index (χ3n) is 12.1. The Balaban J connectivity index is 0.000000283. The summed E-state index contributed by atoms with van der Waals surface area (Å²) in [7, 11) is 0.325. The van der Waals surface area contributed by atoms with E-state index in [4.69, 9.17) is 9.97 Å². The summed E-state index contributed by atoms with van der Waals surface area (Å²) in [6.07, 6.45) is 0. The maximum Gasteiger partial charge on any atom is 0.0710 e. The van der Waals surface area contributed by atoms with E-state index in [1.165, 1.54) is 65.4 Å². The van der Waals surface area contributed by atoms with Crippen molar-refractivity contribution in [1.29, 1.82) is 0 Å². The minimum absolute atomic E-state index is 0.325. The number of para-hydroxylation sites is 6. The number of hydrogen-bond acceptors (Lipinski definition) is 2. The highest BCUT2D eigenvalue weighted by Crippen LogP contribution is 2.35. The van der Waals surface area contributed by atoms with Crippen molar-refractivity contribution in [1.82, 2.24) is 24.1 Å². The van der Waals surface area contributed by atoms with E-state index in [0.717, 1.165) is 44.8 Å². The van der Waals surface area contributed by atoms with Crippen LogP contribution in [0.3, 0.4) is 0 Å². The Labute approximate surface area is 371 Å². The Kier molecular flexibility index (Phi) is 9.39. The normalized spacial score (nSPS) is 11.5. The van der Waals surface area contributed by atoms with Crippen LogP contribution >= 0.6 is 8.58 Å². The number of nitrogens with zero attached hydrogens (tertiary/aromatic N) is 4. The highest BCUT2D eigenvalue weighted by molar-refractivity contribution is 7.54. The van der Waals surface area contributed by atoms with Crippen molar-refractivity contribution in [2.45, 2.75) is 0 Å². The summed E-state index contributed by atoms with van der Waals surface area (Å²) in [4.78, 5) is 13.7. The summed E-state index contributed by atoms with van der Waals surface area (Å²) in [5.74, 6) is 0. The van der Waals surface area contributed by atoms with Gasteiger partial charge in [-0.3, -0.25) is 0 Å². The molecule has 0 unspecified atom stereocenters. The van der Waals surface area contributed by atoms with Gasteiger partial charge in [0.05, 0.1) is 44.3 Å². The number of benzene rings is 8. The number of aromatic amines is 1. The van der Waals surface area contributed by atoms with Crippen LogP contribution in [0.4, 0.5) is 0 Å². The number of H-pyrrole nitrogens is 1. The van der Waals surface area contributed by atoms with Crippen LogP contribution in [0.25, 0.3) is 99.3 Å². The maximum absolute atomic E-state index is 5.15. The average Bonchev–Trinajstić information content (AvgIpc) is 4.03. The van der Waals surface area contributed by atoms with Crippen molar-refractivity contribution >= 4 is 84.9 Å². The molecule has 13 aromatic rings. The molecular weight excluding hydrogens is 798 g/mol. The lowest BCUT2D eigenvalue weighted by molar-refractivity contribution is 1.18. The summed E-state index contributed by atoms with van der Waals surface area (Å²) < 4.78 is 4.71. The third-order valence-corrected chi connectivity index (χ3v) is 13.2. The first-order valence-electron chi connectivity index (χ1n) is 21.6. The Morgan fingerprint density at radius 2 is 0.656 bits per heavy atom. The zero-order valence-corrected chi connectivity index (χ0v) is 35.7. The Bertz CT molecular complexity index is 3500. The fraction of sp³-hybridized carbons (Fsp3) is 0. The zero-order chi connectivity index (χ0) is 42.4. The van der Waals surface area contributed by atoms with Gasteiger partial charge in [0.2, 0.25) is 0 Å². The molecule has 0 amide bonds. The van der Waals surface area contributed by atoms with Gasteiger partial charge in [0.15, 0.2) is 0 Å². The minimum Gasteiger partial charge on any atom is -0.355 e. The molecule has 8 aromatic carbocycles. The first kappa shape index (κ1) is 37.6. The zero-order valence-electron chi connectivity index (χ0n) is 34.7. The van der Waals surface area contributed by atoms with Gasteiger partial charge in [0, 0.05) is 65.9 Å². The highest BCUT2D eigenvalue weighted by Gasteiger charge is 2.15. The first-order valence-corrected chi connectivity index (χ1v) is 22.6. The molecule has 0 fully saturated rings. The molecule has 64 heavy (non-hydrogen) atoms. The van der Waals surface area contributed by atoms with Crippen molar-refractivity contribution in [3.05, 3.63) is 231 Å². The fourth-order valence-electron chi connectivity index (χ4n) is 9.27. The van der Waals surface area contributed by atoms with E-state index in [9.17, 15) is 0 Å². The summed E-state index contributed by atoms with van der Waals surface area (Å²) >= 11 is 0. The molecule has 13 rings (SSSR count). The molecule has 0 saturated heterocycles. The van der Waals surface area contributed by atoms with Gasteiger partial charge in [-0.05, 0) is 93.5 Å². The van der Waals surface area contributed by atoms with Crippen molar-refractivity contribution in [2.24, 2.45) is 0 Å². The van der Waals surface area contributed by atoms with E-state index < -0.39 is 0 Å². The van der Waals surface area contributed by atoms with E-state index >= 15 is 0 Å². The van der Waals surface area contributed by atoms with Crippen molar-refractivity contribution in [3.63, 3.8) is 0 Å². The number of fused-ring (bicyclic) bond motifs is 9. The molecular formula is C58H40N5P. The molecule has 0 spiro atoms. The minimum atomic E-state index is 0.325. The summed E-state index contributed by atoms with van der Waals surface area (Å²) in [5.41, 5.74) is 15.6. The average molecular weight is 838 g/mol. The first-order chi connectivity index (χ1) is 31.7. The number of rotatable bonds is 6. The second kappa shape index (κ2) is 16.0. The maximum atomic E-state index is 5.15. The van der Waals surface area contributed by atoms with Gasteiger partial charge in [-0.15, -0.1) is 0 Å². The molecule has 0 aliphatic heterocycles. The lowest BCUT2D eigenvalue weighted by Crippen LogP contribution is -2.11. The van der Waals surface area contributed by atoms with Crippen LogP contribution < -0.4 is 10.9 Å². The van der Waals surface area contributed by atoms with Crippen molar-refractivity contribution < 1.29 is 0 Å². The van der Waals surface area contributed by atoms with Crippen molar-refractivity contribution in [2.75, 3.05) is 0 Å². The van der Waals surface area contributed by atoms with E-state index in [1.54, 1.807) is 0 Å². The van der Waals surface area contributed by atoms with E-state index in [2.05, 4.69) is 245 Å². The molecule has 1 N–H and O–H groups in total. The molecule has 0 saturated carbocycles. The molecule has 5 nitrogen and oxygen atoms in total. The van der Waals surface area contributed by atoms with Gasteiger partial charge in [0.1, 0.15) is 0 Å². The molecule has 5 aromatic heterocycles. The quantitative estimate of drug-likeness (QED) is 0.170. The van der Waals surface area contributed by atoms with Gasteiger partial charge < -0.3 is 14.1 Å². The number of pyridine rings is 2. The number of aromatic nitrogens is 5. The summed E-state index contributed by atoms with van der Waals surface area (Å²) in [6, 6.07) is 81.3. The molecule has 0 aliphatic rings. The number of nitrogens with one attached hydrogen (secondary N) is 1. The van der Waals surface area contributed by atoms with Gasteiger partial charge >= 0.3 is 0 Å². The fourth-order valence-corrected chi connectivity index (χ4v) is 10.2. The van der Waals surface area contributed by atoms with Crippen LogP contribution in [0.5, 0.6) is 0 Å². The van der Waals surface area contributed by atoms with Gasteiger partial charge in [-0.25, -0.2) is 9.97 Å². The van der Waals surface area contributed by atoms with Crippen LogP contribution in [0, 0.1) is 0 Å². The standard InChI is InChI=1S/C46H31N4P.C12H9N/c1-5-23-41-35(17-1)36-18-2-6-24-42(36)49(41)33-15-9-13-31(29-33)39-21-11-27-45(47-39)51-46-28-12-22-40(48-46)32-14-10-16-34(30-32)50-43-25-7-3-19-37(43)38-20-4-8-26-44(38)50;1-3-7-11-9(5-1)10-6-2-4-8-12(10)13-11/h1-30,51H;1-8,13H. The Hall–Kier alpha value is -8.11. The molecule has 0 radical (unpaired) electrons. The van der Waals surface area contributed by atoms with Crippen LogP contribution in [0.15, 0.2) is 231 Å². The molecule has 0 aliphatic carbocycles. The van der Waals surface area contributed by atoms with Crippen LogP contribution in [-0.2, 0) is 0 Å². The molecule has 5 heterocycles. The largest absolute Gasteiger partial charge is 0.355 e. The van der Waals surface area contributed by atoms with Crippen LogP contribution in [0.1, 0.15) is 0 Å². The topological polar surface area (TPSA) is 51.4 Å². The van der Waals surface area contributed by atoms with Crippen LogP contribution in [0.2, 0.25) is 0 Å². The number of hydrogen-bond donors (Lipinski definition) is 1. The molecule has 302 valence electrons. The lowest BCUT2D eigenvalue weighted by Gasteiger charge is -2.11. The third kappa shape index (κ3) is 6.71. The summed E-state index contributed by atoms with van der Waals surface area (Å²) in [6.45, 7) is 0. The monoisotopic (exact) mass is 837 g/mol.